The van der Waals surface area contributed by atoms with Crippen LogP contribution in [0.25, 0.3) is 0 Å². The molecular formula is C19H34N2O3. The summed E-state index contributed by atoms with van der Waals surface area (Å²) in [6.45, 7) is 10.4. The number of nitrogens with one attached hydrogen (secondary N) is 1. The van der Waals surface area contributed by atoms with Crippen molar-refractivity contribution in [2.45, 2.75) is 90.8 Å². The molecule has 2 fully saturated rings. The van der Waals surface area contributed by atoms with Crippen molar-refractivity contribution in [1.29, 1.82) is 0 Å². The van der Waals surface area contributed by atoms with Gasteiger partial charge >= 0.3 is 6.09 Å². The molecule has 0 radical (unpaired) electrons. The van der Waals surface area contributed by atoms with Gasteiger partial charge < -0.3 is 15.0 Å². The molecule has 0 aromatic rings. The lowest BCUT2D eigenvalue weighted by Gasteiger charge is -2.44. The molecule has 2 rings (SSSR count). The maximum absolute atomic E-state index is 12.7. The minimum atomic E-state index is -0.453. The maximum Gasteiger partial charge on any atom is 0.410 e. The number of hydrogen-bond acceptors (Lipinski definition) is 3. The number of nitrogens with zero attached hydrogens (tertiary/aromatic N) is 1. The van der Waals surface area contributed by atoms with Crippen molar-refractivity contribution in [2.24, 2.45) is 11.8 Å². The van der Waals surface area contributed by atoms with Gasteiger partial charge in [0.05, 0.1) is 0 Å². The highest BCUT2D eigenvalue weighted by atomic mass is 16.6. The van der Waals surface area contributed by atoms with Crippen LogP contribution in [-0.2, 0) is 9.53 Å². The standard InChI is InChI=1S/C19H34N2O3/c1-13-6-11-17(21(12-13)18(23)24-19(3,4)5)15-7-9-16(10-8-15)20-14(2)22/h13,15-17H,6-12H2,1-5H3,(H,20,22). The Morgan fingerprint density at radius 1 is 1.04 bits per heavy atom. The van der Waals surface area contributed by atoms with Crippen LogP contribution in [0.4, 0.5) is 4.79 Å². The summed E-state index contributed by atoms with van der Waals surface area (Å²) < 4.78 is 5.65. The number of carbonyl (C=O) groups excluding carboxylic acids is 2. The highest BCUT2D eigenvalue weighted by Gasteiger charge is 2.38. The number of rotatable bonds is 2. The van der Waals surface area contributed by atoms with Crippen LogP contribution < -0.4 is 5.32 Å². The van der Waals surface area contributed by atoms with Gasteiger partial charge in [0.15, 0.2) is 0 Å². The maximum atomic E-state index is 12.7. The zero-order chi connectivity index (χ0) is 17.9. The predicted octanol–water partition coefficient (Wildman–Crippen LogP) is 3.72. The molecule has 24 heavy (non-hydrogen) atoms. The number of ether oxygens (including phenoxy) is 1. The molecular weight excluding hydrogens is 304 g/mol. The van der Waals surface area contributed by atoms with Gasteiger partial charge in [-0.25, -0.2) is 4.79 Å². The van der Waals surface area contributed by atoms with Gasteiger partial charge in [0.1, 0.15) is 5.60 Å². The Bertz CT molecular complexity index is 450. The number of piperidine rings is 1. The van der Waals surface area contributed by atoms with Crippen molar-refractivity contribution in [1.82, 2.24) is 10.2 Å². The fourth-order valence-electron chi connectivity index (χ4n) is 4.13. The lowest BCUT2D eigenvalue weighted by molar-refractivity contribution is -0.119. The van der Waals surface area contributed by atoms with Crippen molar-refractivity contribution in [2.75, 3.05) is 6.54 Å². The van der Waals surface area contributed by atoms with Crippen LogP contribution in [0.15, 0.2) is 0 Å². The van der Waals surface area contributed by atoms with Crippen LogP contribution in [0.5, 0.6) is 0 Å². The van der Waals surface area contributed by atoms with E-state index in [4.69, 9.17) is 4.74 Å². The Balaban J connectivity index is 1.98. The molecule has 2 aliphatic rings. The van der Waals surface area contributed by atoms with Gasteiger partial charge in [-0.1, -0.05) is 6.92 Å². The molecule has 1 heterocycles. The summed E-state index contributed by atoms with van der Waals surface area (Å²) in [5.74, 6) is 1.11. The fraction of sp³-hybridized carbons (Fsp3) is 0.895. The lowest BCUT2D eigenvalue weighted by Crippen LogP contribution is -2.52. The molecule has 5 heteroatoms. The fourth-order valence-corrected chi connectivity index (χ4v) is 4.13. The van der Waals surface area contributed by atoms with Gasteiger partial charge in [0.25, 0.3) is 0 Å². The van der Waals surface area contributed by atoms with E-state index in [9.17, 15) is 9.59 Å². The average Bonchev–Trinajstić information content (AvgIpc) is 2.46. The summed E-state index contributed by atoms with van der Waals surface area (Å²) in [5, 5.41) is 3.03. The van der Waals surface area contributed by atoms with E-state index in [1.165, 1.54) is 6.42 Å². The normalized spacial score (nSPS) is 31.5. The Labute approximate surface area is 146 Å². The zero-order valence-electron chi connectivity index (χ0n) is 15.9. The molecule has 1 aliphatic heterocycles. The predicted molar refractivity (Wildman–Crippen MR) is 94.7 cm³/mol. The second kappa shape index (κ2) is 7.75. The monoisotopic (exact) mass is 338 g/mol. The highest BCUT2D eigenvalue weighted by molar-refractivity contribution is 5.73. The third-order valence-electron chi connectivity index (χ3n) is 5.22. The number of hydrogen-bond donors (Lipinski definition) is 1. The Morgan fingerprint density at radius 3 is 2.21 bits per heavy atom. The van der Waals surface area contributed by atoms with Crippen molar-refractivity contribution < 1.29 is 14.3 Å². The number of likely N-dealkylation sites (tertiary alicyclic amines) is 1. The van der Waals surface area contributed by atoms with Gasteiger partial charge in [-0.15, -0.1) is 0 Å². The van der Waals surface area contributed by atoms with E-state index in [1.54, 1.807) is 6.92 Å². The van der Waals surface area contributed by atoms with E-state index < -0.39 is 5.60 Å². The van der Waals surface area contributed by atoms with Crippen LogP contribution in [0.1, 0.15) is 73.1 Å². The molecule has 0 bridgehead atoms. The Morgan fingerprint density at radius 2 is 1.67 bits per heavy atom. The highest BCUT2D eigenvalue weighted by Crippen LogP contribution is 2.35. The van der Waals surface area contributed by atoms with Gasteiger partial charge in [-0.2, -0.15) is 0 Å². The van der Waals surface area contributed by atoms with Crippen LogP contribution in [0.3, 0.4) is 0 Å². The summed E-state index contributed by atoms with van der Waals surface area (Å²) in [7, 11) is 0. The van der Waals surface area contributed by atoms with Gasteiger partial charge in [0, 0.05) is 25.6 Å². The van der Waals surface area contributed by atoms with Crippen molar-refractivity contribution in [3.8, 4) is 0 Å². The lowest BCUT2D eigenvalue weighted by atomic mass is 9.77. The SMILES string of the molecule is CC(=O)NC1CCC(C2CCC(C)CN2C(=O)OC(C)(C)C)CC1. The van der Waals surface area contributed by atoms with E-state index in [0.717, 1.165) is 38.6 Å². The van der Waals surface area contributed by atoms with E-state index in [-0.39, 0.29) is 18.0 Å². The zero-order valence-corrected chi connectivity index (χ0v) is 15.9. The third kappa shape index (κ3) is 5.38. The molecule has 1 N–H and O–H groups in total. The molecule has 138 valence electrons. The quantitative estimate of drug-likeness (QED) is 0.835. The van der Waals surface area contributed by atoms with Gasteiger partial charge in [-0.05, 0) is 71.1 Å². The molecule has 1 saturated carbocycles. The molecule has 5 nitrogen and oxygen atoms in total. The molecule has 0 aromatic carbocycles. The average molecular weight is 338 g/mol. The second-order valence-corrected chi connectivity index (χ2v) is 8.69. The van der Waals surface area contributed by atoms with Crippen molar-refractivity contribution >= 4 is 12.0 Å². The van der Waals surface area contributed by atoms with E-state index in [0.29, 0.717) is 17.9 Å². The first-order valence-corrected chi connectivity index (χ1v) is 9.42. The summed E-state index contributed by atoms with van der Waals surface area (Å²) in [6.07, 6.45) is 6.25. The van der Waals surface area contributed by atoms with Crippen LogP contribution in [0, 0.1) is 11.8 Å². The van der Waals surface area contributed by atoms with Crippen molar-refractivity contribution in [3.63, 3.8) is 0 Å². The van der Waals surface area contributed by atoms with Crippen LogP contribution >= 0.6 is 0 Å². The molecule has 2 amide bonds. The summed E-state index contributed by atoms with van der Waals surface area (Å²) in [5.41, 5.74) is -0.453. The number of amides is 2. The summed E-state index contributed by atoms with van der Waals surface area (Å²) in [4.78, 5) is 25.9. The first kappa shape index (κ1) is 19.1. The first-order valence-electron chi connectivity index (χ1n) is 9.42. The number of carbonyl (C=O) groups is 2. The molecule has 1 aliphatic carbocycles. The van der Waals surface area contributed by atoms with Crippen LogP contribution in [-0.4, -0.2) is 41.1 Å². The second-order valence-electron chi connectivity index (χ2n) is 8.69. The first-order chi connectivity index (χ1) is 11.2. The molecule has 0 spiro atoms. The molecule has 2 unspecified atom stereocenters. The summed E-state index contributed by atoms with van der Waals surface area (Å²) in [6, 6.07) is 0.588. The van der Waals surface area contributed by atoms with Gasteiger partial charge in [0.2, 0.25) is 5.91 Å². The van der Waals surface area contributed by atoms with E-state index in [1.807, 2.05) is 25.7 Å². The Kier molecular flexibility index (Phi) is 6.16. The van der Waals surface area contributed by atoms with E-state index in [2.05, 4.69) is 12.2 Å². The molecule has 0 aromatic heterocycles. The Hall–Kier alpha value is -1.26. The van der Waals surface area contributed by atoms with E-state index >= 15 is 0 Å². The largest absolute Gasteiger partial charge is 0.444 e. The topological polar surface area (TPSA) is 58.6 Å². The minimum absolute atomic E-state index is 0.0559. The minimum Gasteiger partial charge on any atom is -0.444 e. The van der Waals surface area contributed by atoms with Gasteiger partial charge in [-0.3, -0.25) is 4.79 Å². The van der Waals surface area contributed by atoms with Crippen molar-refractivity contribution in [3.05, 3.63) is 0 Å². The third-order valence-corrected chi connectivity index (χ3v) is 5.22. The molecule has 1 saturated heterocycles. The summed E-state index contributed by atoms with van der Waals surface area (Å²) >= 11 is 0. The van der Waals surface area contributed by atoms with Crippen LogP contribution in [0.2, 0.25) is 0 Å². The molecule has 2 atom stereocenters. The smallest absolute Gasteiger partial charge is 0.410 e.